The van der Waals surface area contributed by atoms with E-state index >= 15 is 0 Å². The van der Waals surface area contributed by atoms with E-state index in [0.29, 0.717) is 27.3 Å². The lowest BCUT2D eigenvalue weighted by atomic mass is 10.1. The van der Waals surface area contributed by atoms with Gasteiger partial charge < -0.3 is 10.2 Å². The standard InChI is InChI=1S/C28H31BrClN3O4S/c1-20(2)17-31-28(35)21(3)32(18-22-9-7-11-24(30)15-22)27(34)19-33(25-12-8-10-23(29)16-25)38(36,37)26-13-5-4-6-14-26/h4-16,20-21H,17-19H2,1-3H3,(H,31,35)/t21-/m0/s1. The van der Waals surface area contributed by atoms with Gasteiger partial charge in [-0.1, -0.05) is 77.8 Å². The Bertz CT molecular complexity index is 1370. The van der Waals surface area contributed by atoms with Gasteiger partial charge in [0.25, 0.3) is 10.0 Å². The summed E-state index contributed by atoms with van der Waals surface area (Å²) in [4.78, 5) is 28.3. The summed E-state index contributed by atoms with van der Waals surface area (Å²) in [6, 6.07) is 20.8. The zero-order valence-corrected chi connectivity index (χ0v) is 24.6. The number of halogens is 2. The summed E-state index contributed by atoms with van der Waals surface area (Å²) in [7, 11) is -4.10. The molecule has 0 unspecified atom stereocenters. The molecule has 3 aromatic carbocycles. The third-order valence-electron chi connectivity index (χ3n) is 5.80. The van der Waals surface area contributed by atoms with Crippen LogP contribution in [0.5, 0.6) is 0 Å². The molecular weight excluding hydrogens is 590 g/mol. The van der Waals surface area contributed by atoms with Crippen LogP contribution >= 0.6 is 27.5 Å². The molecule has 0 aliphatic rings. The number of amides is 2. The molecule has 1 atom stereocenters. The quantitative estimate of drug-likeness (QED) is 0.307. The van der Waals surface area contributed by atoms with Crippen LogP contribution in [-0.2, 0) is 26.2 Å². The number of nitrogens with one attached hydrogen (secondary N) is 1. The number of carbonyl (C=O) groups excluding carboxylic acids is 2. The van der Waals surface area contributed by atoms with Gasteiger partial charge in [0.15, 0.2) is 0 Å². The summed E-state index contributed by atoms with van der Waals surface area (Å²) in [5, 5.41) is 3.36. The molecule has 0 bridgehead atoms. The van der Waals surface area contributed by atoms with Crippen molar-refractivity contribution in [2.75, 3.05) is 17.4 Å². The first-order chi connectivity index (χ1) is 18.0. The van der Waals surface area contributed by atoms with Gasteiger partial charge in [-0.15, -0.1) is 0 Å². The number of sulfonamides is 1. The second-order valence-electron chi connectivity index (χ2n) is 9.27. The van der Waals surface area contributed by atoms with E-state index in [1.54, 1.807) is 73.7 Å². The van der Waals surface area contributed by atoms with Crippen molar-refractivity contribution in [3.63, 3.8) is 0 Å². The minimum Gasteiger partial charge on any atom is -0.354 e. The highest BCUT2D eigenvalue weighted by Gasteiger charge is 2.32. The molecular formula is C28H31BrClN3O4S. The summed E-state index contributed by atoms with van der Waals surface area (Å²) in [6.07, 6.45) is 0. The molecule has 3 aromatic rings. The number of hydrogen-bond donors (Lipinski definition) is 1. The molecule has 0 aliphatic carbocycles. The summed E-state index contributed by atoms with van der Waals surface area (Å²) >= 11 is 9.56. The Morgan fingerprint density at radius 2 is 1.63 bits per heavy atom. The Morgan fingerprint density at radius 1 is 0.947 bits per heavy atom. The van der Waals surface area contributed by atoms with E-state index in [-0.39, 0.29) is 23.3 Å². The van der Waals surface area contributed by atoms with Crippen molar-refractivity contribution in [1.29, 1.82) is 0 Å². The van der Waals surface area contributed by atoms with Crippen LogP contribution in [0.4, 0.5) is 5.69 Å². The second-order valence-corrected chi connectivity index (χ2v) is 12.5. The lowest BCUT2D eigenvalue weighted by molar-refractivity contribution is -0.139. The van der Waals surface area contributed by atoms with E-state index in [1.165, 1.54) is 17.0 Å². The molecule has 0 heterocycles. The highest BCUT2D eigenvalue weighted by Crippen LogP contribution is 2.27. The van der Waals surface area contributed by atoms with Crippen LogP contribution in [0.15, 0.2) is 88.2 Å². The van der Waals surface area contributed by atoms with Crippen molar-refractivity contribution in [2.24, 2.45) is 5.92 Å². The molecule has 0 spiro atoms. The molecule has 202 valence electrons. The zero-order chi connectivity index (χ0) is 27.9. The van der Waals surface area contributed by atoms with Gasteiger partial charge in [0, 0.05) is 22.6 Å². The summed E-state index contributed by atoms with van der Waals surface area (Å²) in [5.41, 5.74) is 1.03. The van der Waals surface area contributed by atoms with Crippen molar-refractivity contribution in [1.82, 2.24) is 10.2 Å². The Hall–Kier alpha value is -2.88. The monoisotopic (exact) mass is 619 g/mol. The molecule has 3 rings (SSSR count). The minimum absolute atomic E-state index is 0.0527. The predicted molar refractivity (Wildman–Crippen MR) is 154 cm³/mol. The number of anilines is 1. The minimum atomic E-state index is -4.10. The fraction of sp³-hybridized carbons (Fsp3) is 0.286. The van der Waals surface area contributed by atoms with Crippen LogP contribution in [-0.4, -0.2) is 44.3 Å². The van der Waals surface area contributed by atoms with Crippen molar-refractivity contribution < 1.29 is 18.0 Å². The summed E-state index contributed by atoms with van der Waals surface area (Å²) < 4.78 is 29.2. The van der Waals surface area contributed by atoms with E-state index in [4.69, 9.17) is 11.6 Å². The number of benzene rings is 3. The Balaban J connectivity index is 2.00. The summed E-state index contributed by atoms with van der Waals surface area (Å²) in [5.74, 6) is -0.628. The van der Waals surface area contributed by atoms with Crippen LogP contribution in [0.2, 0.25) is 5.02 Å². The Kier molecular flexibility index (Phi) is 10.4. The maximum atomic E-state index is 13.9. The fourth-order valence-electron chi connectivity index (χ4n) is 3.75. The van der Waals surface area contributed by atoms with Gasteiger partial charge in [0.05, 0.1) is 10.6 Å². The molecule has 0 saturated heterocycles. The molecule has 0 saturated carbocycles. The first kappa shape index (κ1) is 29.7. The second kappa shape index (κ2) is 13.3. The number of hydrogen-bond acceptors (Lipinski definition) is 4. The van der Waals surface area contributed by atoms with Crippen LogP contribution in [0.25, 0.3) is 0 Å². The molecule has 0 fully saturated rings. The van der Waals surface area contributed by atoms with Gasteiger partial charge in [-0.25, -0.2) is 8.42 Å². The lowest BCUT2D eigenvalue weighted by Crippen LogP contribution is -2.51. The number of nitrogens with zero attached hydrogens (tertiary/aromatic N) is 2. The van der Waals surface area contributed by atoms with Gasteiger partial charge in [-0.2, -0.15) is 0 Å². The molecule has 1 N–H and O–H groups in total. The van der Waals surface area contributed by atoms with E-state index in [0.717, 1.165) is 4.31 Å². The van der Waals surface area contributed by atoms with Crippen molar-refractivity contribution >= 4 is 55.1 Å². The maximum absolute atomic E-state index is 13.9. The van der Waals surface area contributed by atoms with Gasteiger partial charge in [-0.05, 0) is 60.9 Å². The molecule has 2 amide bonds. The maximum Gasteiger partial charge on any atom is 0.264 e. The van der Waals surface area contributed by atoms with Crippen LogP contribution in [0.1, 0.15) is 26.3 Å². The largest absolute Gasteiger partial charge is 0.354 e. The summed E-state index contributed by atoms with van der Waals surface area (Å²) in [6.45, 7) is 5.61. The highest BCUT2D eigenvalue weighted by atomic mass is 79.9. The van der Waals surface area contributed by atoms with Crippen LogP contribution < -0.4 is 9.62 Å². The topological polar surface area (TPSA) is 86.8 Å². The molecule has 7 nitrogen and oxygen atoms in total. The van der Waals surface area contributed by atoms with Crippen LogP contribution in [0, 0.1) is 5.92 Å². The number of rotatable bonds is 11. The number of carbonyl (C=O) groups is 2. The average Bonchev–Trinajstić information content (AvgIpc) is 2.88. The van der Waals surface area contributed by atoms with E-state index in [9.17, 15) is 18.0 Å². The molecule has 0 aliphatic heterocycles. The van der Waals surface area contributed by atoms with Gasteiger partial charge in [0.1, 0.15) is 12.6 Å². The Labute approximate surface area is 238 Å². The van der Waals surface area contributed by atoms with Gasteiger partial charge in [-0.3, -0.25) is 13.9 Å². The van der Waals surface area contributed by atoms with Gasteiger partial charge >= 0.3 is 0 Å². The van der Waals surface area contributed by atoms with E-state index in [1.807, 2.05) is 13.8 Å². The fourth-order valence-corrected chi connectivity index (χ4v) is 5.77. The first-order valence-corrected chi connectivity index (χ1v) is 14.7. The molecule has 10 heteroatoms. The normalized spacial score (nSPS) is 12.2. The average molecular weight is 621 g/mol. The third-order valence-corrected chi connectivity index (χ3v) is 8.32. The smallest absolute Gasteiger partial charge is 0.264 e. The molecule has 0 aromatic heterocycles. The predicted octanol–water partition coefficient (Wildman–Crippen LogP) is 5.49. The van der Waals surface area contributed by atoms with E-state index < -0.39 is 28.5 Å². The SMILES string of the molecule is CC(C)CNC(=O)[C@H](C)N(Cc1cccc(Cl)c1)C(=O)CN(c1cccc(Br)c1)S(=O)(=O)c1ccccc1. The van der Waals surface area contributed by atoms with Crippen LogP contribution in [0.3, 0.4) is 0 Å². The molecule has 0 radical (unpaired) electrons. The Morgan fingerprint density at radius 3 is 2.26 bits per heavy atom. The van der Waals surface area contributed by atoms with Crippen molar-refractivity contribution in [2.45, 2.75) is 38.3 Å². The lowest BCUT2D eigenvalue weighted by Gasteiger charge is -2.32. The third kappa shape index (κ3) is 7.82. The highest BCUT2D eigenvalue weighted by molar-refractivity contribution is 9.10. The van der Waals surface area contributed by atoms with Crippen molar-refractivity contribution in [3.8, 4) is 0 Å². The molecule has 38 heavy (non-hydrogen) atoms. The van der Waals surface area contributed by atoms with E-state index in [2.05, 4.69) is 21.2 Å². The van der Waals surface area contributed by atoms with Crippen molar-refractivity contribution in [3.05, 3.63) is 93.9 Å². The zero-order valence-electron chi connectivity index (χ0n) is 21.5. The first-order valence-electron chi connectivity index (χ1n) is 12.1. The van der Waals surface area contributed by atoms with Gasteiger partial charge in [0.2, 0.25) is 11.8 Å².